The molecule has 1 aliphatic heterocycles. The zero-order valence-corrected chi connectivity index (χ0v) is 13.7. The highest BCUT2D eigenvalue weighted by atomic mass is 19.2. The van der Waals surface area contributed by atoms with Crippen LogP contribution in [-0.2, 0) is 4.79 Å². The van der Waals surface area contributed by atoms with Crippen LogP contribution in [0.15, 0.2) is 48.5 Å². The van der Waals surface area contributed by atoms with Crippen LogP contribution in [0.1, 0.15) is 18.1 Å². The van der Waals surface area contributed by atoms with E-state index in [0.29, 0.717) is 25.2 Å². The molecule has 2 aromatic rings. The number of likely N-dealkylation sites (tertiary alicyclic amines) is 1. The molecule has 0 aliphatic carbocycles. The smallest absolute Gasteiger partial charge is 0.268 e. The summed E-state index contributed by atoms with van der Waals surface area (Å²) in [4.78, 5) is 14.7. The molecule has 3 rings (SSSR count). The summed E-state index contributed by atoms with van der Waals surface area (Å²) in [7, 11) is 0. The molecule has 1 fully saturated rings. The van der Waals surface area contributed by atoms with Crippen molar-refractivity contribution in [2.45, 2.75) is 12.5 Å². The number of ether oxygens (including phenoxy) is 1. The molecule has 132 valence electrons. The molecule has 0 radical (unpaired) electrons. The zero-order chi connectivity index (χ0) is 17.8. The van der Waals surface area contributed by atoms with Gasteiger partial charge >= 0.3 is 0 Å². The molecule has 6 heteroatoms. The summed E-state index contributed by atoms with van der Waals surface area (Å²) in [5.74, 6) is -1.78. The first-order valence-electron chi connectivity index (χ1n) is 8.24. The first kappa shape index (κ1) is 17.4. The van der Waals surface area contributed by atoms with E-state index >= 15 is 0 Å². The van der Waals surface area contributed by atoms with Crippen LogP contribution in [0.4, 0.5) is 8.78 Å². The summed E-state index contributed by atoms with van der Waals surface area (Å²) < 4.78 is 32.3. The largest absolute Gasteiger partial charge is 0.476 e. The monoisotopic (exact) mass is 346 g/mol. The molecule has 2 unspecified atom stereocenters. The van der Waals surface area contributed by atoms with Crippen LogP contribution < -0.4 is 10.5 Å². The molecular weight excluding hydrogens is 326 g/mol. The van der Waals surface area contributed by atoms with Crippen molar-refractivity contribution in [3.8, 4) is 5.75 Å². The minimum atomic E-state index is -1.01. The van der Waals surface area contributed by atoms with Crippen LogP contribution >= 0.6 is 0 Å². The van der Waals surface area contributed by atoms with Crippen LogP contribution in [0.2, 0.25) is 0 Å². The van der Waals surface area contributed by atoms with E-state index in [1.165, 1.54) is 6.07 Å². The number of nitrogens with two attached hydrogens (primary N) is 1. The fourth-order valence-corrected chi connectivity index (χ4v) is 2.97. The number of rotatable bonds is 5. The minimum absolute atomic E-state index is 0.107. The summed E-state index contributed by atoms with van der Waals surface area (Å²) in [6, 6.07) is 12.2. The summed E-state index contributed by atoms with van der Waals surface area (Å²) in [5, 5.41) is 0. The summed E-state index contributed by atoms with van der Waals surface area (Å²) in [6.07, 6.45) is -0.0582. The topological polar surface area (TPSA) is 55.6 Å². The maximum Gasteiger partial charge on any atom is 0.268 e. The summed E-state index contributed by atoms with van der Waals surface area (Å²) >= 11 is 0. The normalized spacial score (nSPS) is 18.2. The Morgan fingerprint density at radius 1 is 1.20 bits per heavy atom. The van der Waals surface area contributed by atoms with Gasteiger partial charge in [0, 0.05) is 24.7 Å². The molecule has 2 atom stereocenters. The molecule has 0 saturated carbocycles. The number of carbonyl (C=O) groups excluding carboxylic acids is 1. The van der Waals surface area contributed by atoms with Gasteiger partial charge in [-0.1, -0.05) is 30.3 Å². The Morgan fingerprint density at radius 2 is 1.96 bits per heavy atom. The van der Waals surface area contributed by atoms with Gasteiger partial charge in [-0.05, 0) is 31.0 Å². The average molecular weight is 346 g/mol. The molecule has 25 heavy (non-hydrogen) atoms. The highest BCUT2D eigenvalue weighted by Gasteiger charge is 2.32. The van der Waals surface area contributed by atoms with Crippen LogP contribution in [0.5, 0.6) is 5.75 Å². The Bertz CT molecular complexity index is 739. The Morgan fingerprint density at radius 3 is 2.60 bits per heavy atom. The molecule has 2 aromatic carbocycles. The zero-order valence-electron chi connectivity index (χ0n) is 13.7. The Hall–Kier alpha value is -2.47. The minimum Gasteiger partial charge on any atom is -0.476 e. The van der Waals surface area contributed by atoms with Gasteiger partial charge in [-0.3, -0.25) is 4.79 Å². The van der Waals surface area contributed by atoms with E-state index in [4.69, 9.17) is 10.5 Å². The van der Waals surface area contributed by atoms with E-state index in [9.17, 15) is 13.6 Å². The number of carbonyl (C=O) groups is 1. The Labute approximate surface area is 145 Å². The lowest BCUT2D eigenvalue weighted by Crippen LogP contribution is -2.36. The molecule has 1 amide bonds. The van der Waals surface area contributed by atoms with Gasteiger partial charge in [0.25, 0.3) is 5.91 Å². The predicted molar refractivity (Wildman–Crippen MR) is 89.9 cm³/mol. The maximum absolute atomic E-state index is 13.5. The van der Waals surface area contributed by atoms with Crippen LogP contribution in [0, 0.1) is 17.6 Å². The second-order valence-corrected chi connectivity index (χ2v) is 6.16. The second-order valence-electron chi connectivity index (χ2n) is 6.16. The summed E-state index contributed by atoms with van der Waals surface area (Å²) in [5.41, 5.74) is 6.35. The van der Waals surface area contributed by atoms with E-state index in [2.05, 4.69) is 0 Å². The van der Waals surface area contributed by atoms with Gasteiger partial charge in [-0.15, -0.1) is 0 Å². The van der Waals surface area contributed by atoms with E-state index in [0.717, 1.165) is 18.6 Å². The van der Waals surface area contributed by atoms with Crippen molar-refractivity contribution in [1.82, 2.24) is 4.90 Å². The quantitative estimate of drug-likeness (QED) is 0.906. The fourth-order valence-electron chi connectivity index (χ4n) is 2.97. The second kappa shape index (κ2) is 7.61. The molecule has 1 aliphatic rings. The number of amides is 1. The van der Waals surface area contributed by atoms with Gasteiger partial charge in [-0.2, -0.15) is 0 Å². The molecule has 4 nitrogen and oxygen atoms in total. The number of nitrogens with zero attached hydrogens (tertiary/aromatic N) is 1. The van der Waals surface area contributed by atoms with Crippen molar-refractivity contribution >= 4 is 5.91 Å². The molecule has 1 saturated heterocycles. The van der Waals surface area contributed by atoms with Crippen molar-refractivity contribution in [3.63, 3.8) is 0 Å². The molecule has 2 N–H and O–H groups in total. The molecule has 1 heterocycles. The highest BCUT2D eigenvalue weighted by Crippen LogP contribution is 2.27. The Balaban J connectivity index is 1.85. The van der Waals surface area contributed by atoms with E-state index < -0.39 is 17.7 Å². The van der Waals surface area contributed by atoms with Gasteiger partial charge in [0.2, 0.25) is 6.10 Å². The lowest BCUT2D eigenvalue weighted by Gasteiger charge is -2.25. The predicted octanol–water partition coefficient (Wildman–Crippen LogP) is 2.89. The van der Waals surface area contributed by atoms with E-state index in [1.54, 1.807) is 29.2 Å². The number of hydrogen-bond acceptors (Lipinski definition) is 3. The third-order valence-corrected chi connectivity index (χ3v) is 4.40. The third kappa shape index (κ3) is 3.96. The van der Waals surface area contributed by atoms with Gasteiger partial charge < -0.3 is 15.4 Å². The first-order chi connectivity index (χ1) is 12.1. The molecular formula is C19H20F2N2O2. The number of benzene rings is 2. The van der Waals surface area contributed by atoms with Crippen molar-refractivity contribution in [3.05, 3.63) is 65.7 Å². The lowest BCUT2D eigenvalue weighted by molar-refractivity contribution is -0.138. The summed E-state index contributed by atoms with van der Waals surface area (Å²) in [6.45, 7) is 1.73. The van der Waals surface area contributed by atoms with E-state index in [-0.39, 0.29) is 17.6 Å². The first-order valence-corrected chi connectivity index (χ1v) is 8.24. The molecule has 0 spiro atoms. The van der Waals surface area contributed by atoms with Crippen molar-refractivity contribution in [2.24, 2.45) is 11.7 Å². The van der Waals surface area contributed by atoms with Crippen LogP contribution in [-0.4, -0.2) is 30.4 Å². The van der Waals surface area contributed by atoms with Gasteiger partial charge in [0.05, 0.1) is 0 Å². The van der Waals surface area contributed by atoms with Crippen LogP contribution in [0.25, 0.3) is 0 Å². The molecule has 0 aromatic heterocycles. The maximum atomic E-state index is 13.5. The highest BCUT2D eigenvalue weighted by molar-refractivity contribution is 5.83. The van der Waals surface area contributed by atoms with Crippen LogP contribution in [0.3, 0.4) is 0 Å². The van der Waals surface area contributed by atoms with Crippen molar-refractivity contribution in [1.29, 1.82) is 0 Å². The van der Waals surface area contributed by atoms with Gasteiger partial charge in [-0.25, -0.2) is 8.78 Å². The number of hydrogen-bond donors (Lipinski definition) is 1. The molecule has 0 bridgehead atoms. The SMILES string of the molecule is NCC1CCN(C(=O)C(Oc2ccc(F)c(F)c2)c2ccccc2)C1. The number of halogens is 2. The third-order valence-electron chi connectivity index (χ3n) is 4.40. The fraction of sp³-hybridized carbons (Fsp3) is 0.316. The van der Waals surface area contributed by atoms with Gasteiger partial charge in [0.15, 0.2) is 11.6 Å². The Kier molecular flexibility index (Phi) is 5.28. The van der Waals surface area contributed by atoms with E-state index in [1.807, 2.05) is 6.07 Å². The van der Waals surface area contributed by atoms with Crippen molar-refractivity contribution < 1.29 is 18.3 Å². The van der Waals surface area contributed by atoms with Gasteiger partial charge in [0.1, 0.15) is 5.75 Å². The lowest BCUT2D eigenvalue weighted by atomic mass is 10.1. The van der Waals surface area contributed by atoms with Crippen molar-refractivity contribution in [2.75, 3.05) is 19.6 Å². The standard InChI is InChI=1S/C19H20F2N2O2/c20-16-7-6-15(10-17(16)21)25-18(14-4-2-1-3-5-14)19(24)23-9-8-13(11-22)12-23/h1-7,10,13,18H,8-9,11-12,22H2. The average Bonchev–Trinajstić information content (AvgIpc) is 3.12.